The molecule has 0 aliphatic carbocycles. The van der Waals surface area contributed by atoms with E-state index < -0.39 is 0 Å². The zero-order chi connectivity index (χ0) is 13.8. The topological polar surface area (TPSA) is 47.0 Å². The molecule has 2 rings (SSSR count). The van der Waals surface area contributed by atoms with Crippen LogP contribution in [0, 0.1) is 20.8 Å². The molecule has 0 amide bonds. The van der Waals surface area contributed by atoms with Crippen LogP contribution in [0.15, 0.2) is 24.5 Å². The van der Waals surface area contributed by atoms with E-state index in [1.807, 2.05) is 14.0 Å². The van der Waals surface area contributed by atoms with E-state index in [0.29, 0.717) is 12.4 Å². The molecule has 0 saturated carbocycles. The lowest BCUT2D eigenvalue weighted by Gasteiger charge is -2.13. The third kappa shape index (κ3) is 3.09. The van der Waals surface area contributed by atoms with Crippen LogP contribution in [0.4, 0.5) is 0 Å². The number of aryl methyl sites for hydroxylation is 2. The number of hydrogen-bond acceptors (Lipinski definition) is 4. The van der Waals surface area contributed by atoms with Crippen molar-refractivity contribution in [3.05, 3.63) is 46.9 Å². The molecule has 1 aromatic carbocycles. The number of rotatable bonds is 4. The molecule has 0 bridgehead atoms. The van der Waals surface area contributed by atoms with Gasteiger partial charge in [0.2, 0.25) is 5.88 Å². The summed E-state index contributed by atoms with van der Waals surface area (Å²) in [5.74, 6) is 1.40. The number of hydrogen-bond donors (Lipinski definition) is 1. The smallest absolute Gasteiger partial charge is 0.238 e. The lowest BCUT2D eigenvalue weighted by atomic mass is 10.1. The van der Waals surface area contributed by atoms with Crippen LogP contribution in [-0.4, -0.2) is 17.0 Å². The van der Waals surface area contributed by atoms with Gasteiger partial charge in [0, 0.05) is 12.7 Å². The molecule has 2 aromatic rings. The van der Waals surface area contributed by atoms with E-state index in [9.17, 15) is 0 Å². The number of nitrogens with one attached hydrogen (secondary N) is 1. The Bertz CT molecular complexity index is 582. The Morgan fingerprint density at radius 2 is 1.84 bits per heavy atom. The van der Waals surface area contributed by atoms with Crippen LogP contribution in [0.25, 0.3) is 0 Å². The van der Waals surface area contributed by atoms with E-state index >= 15 is 0 Å². The second kappa shape index (κ2) is 5.80. The summed E-state index contributed by atoms with van der Waals surface area (Å²) in [7, 11) is 1.88. The zero-order valence-electron chi connectivity index (χ0n) is 11.8. The molecule has 4 heteroatoms. The first-order valence-corrected chi connectivity index (χ1v) is 6.32. The molecule has 100 valence electrons. The van der Waals surface area contributed by atoms with Crippen LogP contribution in [0.5, 0.6) is 11.6 Å². The molecule has 0 spiro atoms. The number of ether oxygens (including phenoxy) is 1. The van der Waals surface area contributed by atoms with E-state index in [2.05, 4.69) is 41.3 Å². The van der Waals surface area contributed by atoms with Crippen LogP contribution in [0.3, 0.4) is 0 Å². The van der Waals surface area contributed by atoms with Gasteiger partial charge in [-0.05, 0) is 44.5 Å². The number of aromatic nitrogens is 2. The highest BCUT2D eigenvalue weighted by molar-refractivity contribution is 5.46. The number of nitrogens with zero attached hydrogens (tertiary/aromatic N) is 2. The van der Waals surface area contributed by atoms with Gasteiger partial charge in [-0.1, -0.05) is 12.1 Å². The van der Waals surface area contributed by atoms with Crippen molar-refractivity contribution in [2.24, 2.45) is 0 Å². The Labute approximate surface area is 113 Å². The third-order valence-electron chi connectivity index (χ3n) is 3.10. The van der Waals surface area contributed by atoms with E-state index in [4.69, 9.17) is 4.74 Å². The molecule has 1 heterocycles. The van der Waals surface area contributed by atoms with Crippen LogP contribution in [0.2, 0.25) is 0 Å². The molecule has 0 aliphatic heterocycles. The highest BCUT2D eigenvalue weighted by atomic mass is 16.5. The maximum absolute atomic E-state index is 5.91. The van der Waals surface area contributed by atoms with Crippen molar-refractivity contribution in [1.82, 2.24) is 15.3 Å². The molecule has 4 nitrogen and oxygen atoms in total. The fourth-order valence-corrected chi connectivity index (χ4v) is 1.89. The maximum Gasteiger partial charge on any atom is 0.238 e. The van der Waals surface area contributed by atoms with Crippen LogP contribution < -0.4 is 10.1 Å². The van der Waals surface area contributed by atoms with Crippen LogP contribution in [-0.2, 0) is 6.54 Å². The molecule has 0 aliphatic rings. The number of benzene rings is 1. The average Bonchev–Trinajstić information content (AvgIpc) is 2.40. The van der Waals surface area contributed by atoms with Gasteiger partial charge in [-0.3, -0.25) is 4.98 Å². The van der Waals surface area contributed by atoms with Gasteiger partial charge in [0.15, 0.2) is 0 Å². The van der Waals surface area contributed by atoms with Crippen molar-refractivity contribution in [3.63, 3.8) is 0 Å². The second-order valence-electron chi connectivity index (χ2n) is 4.63. The van der Waals surface area contributed by atoms with Crippen molar-refractivity contribution in [1.29, 1.82) is 0 Å². The molecule has 1 aromatic heterocycles. The predicted molar refractivity (Wildman–Crippen MR) is 75.5 cm³/mol. The van der Waals surface area contributed by atoms with E-state index in [1.54, 1.807) is 12.4 Å². The van der Waals surface area contributed by atoms with Gasteiger partial charge in [-0.15, -0.1) is 0 Å². The fraction of sp³-hybridized carbons (Fsp3) is 0.333. The summed E-state index contributed by atoms with van der Waals surface area (Å²) in [6.45, 7) is 6.84. The molecule has 0 radical (unpaired) electrons. The second-order valence-corrected chi connectivity index (χ2v) is 4.63. The normalized spacial score (nSPS) is 10.5. The molecule has 0 unspecified atom stereocenters. The van der Waals surface area contributed by atoms with Crippen molar-refractivity contribution in [2.75, 3.05) is 7.05 Å². The van der Waals surface area contributed by atoms with Gasteiger partial charge >= 0.3 is 0 Å². The minimum atomic E-state index is 0.532. The average molecular weight is 257 g/mol. The summed E-state index contributed by atoms with van der Waals surface area (Å²) in [5.41, 5.74) is 4.31. The van der Waals surface area contributed by atoms with Crippen molar-refractivity contribution < 1.29 is 4.74 Å². The van der Waals surface area contributed by atoms with E-state index in [0.717, 1.165) is 22.6 Å². The minimum absolute atomic E-state index is 0.532. The SMILES string of the molecule is CNCc1cncc(Oc2c(C)ccc(C)c2C)n1. The van der Waals surface area contributed by atoms with Crippen molar-refractivity contribution >= 4 is 0 Å². The van der Waals surface area contributed by atoms with Gasteiger partial charge in [0.1, 0.15) is 5.75 Å². The van der Waals surface area contributed by atoms with Crippen LogP contribution >= 0.6 is 0 Å². The summed E-state index contributed by atoms with van der Waals surface area (Å²) in [4.78, 5) is 8.58. The lowest BCUT2D eigenvalue weighted by molar-refractivity contribution is 0.449. The van der Waals surface area contributed by atoms with Gasteiger partial charge in [0.25, 0.3) is 0 Å². The fourth-order valence-electron chi connectivity index (χ4n) is 1.89. The Morgan fingerprint density at radius 3 is 2.58 bits per heavy atom. The van der Waals surface area contributed by atoms with Gasteiger partial charge in [0.05, 0.1) is 11.9 Å². The molecular formula is C15H19N3O. The van der Waals surface area contributed by atoms with E-state index in [1.165, 1.54) is 5.56 Å². The Balaban J connectivity index is 2.31. The Hall–Kier alpha value is -1.94. The molecule has 0 fully saturated rings. The minimum Gasteiger partial charge on any atom is -0.437 e. The summed E-state index contributed by atoms with van der Waals surface area (Å²) in [5, 5.41) is 3.05. The molecule has 19 heavy (non-hydrogen) atoms. The predicted octanol–water partition coefficient (Wildman–Crippen LogP) is 2.91. The highest BCUT2D eigenvalue weighted by Gasteiger charge is 2.09. The van der Waals surface area contributed by atoms with Gasteiger partial charge < -0.3 is 10.1 Å². The first-order valence-electron chi connectivity index (χ1n) is 6.32. The largest absolute Gasteiger partial charge is 0.437 e. The highest BCUT2D eigenvalue weighted by Crippen LogP contribution is 2.29. The molecule has 1 N–H and O–H groups in total. The lowest BCUT2D eigenvalue weighted by Crippen LogP contribution is -2.07. The summed E-state index contributed by atoms with van der Waals surface area (Å²) < 4.78 is 5.91. The Kier molecular flexibility index (Phi) is 4.12. The summed E-state index contributed by atoms with van der Waals surface area (Å²) >= 11 is 0. The van der Waals surface area contributed by atoms with Crippen molar-refractivity contribution in [3.8, 4) is 11.6 Å². The van der Waals surface area contributed by atoms with E-state index in [-0.39, 0.29) is 0 Å². The first kappa shape index (κ1) is 13.5. The zero-order valence-corrected chi connectivity index (χ0v) is 11.8. The molecule has 0 saturated heterocycles. The standard InChI is InChI=1S/C15H19N3O/c1-10-5-6-11(2)15(12(10)3)19-14-9-17-8-13(18-14)7-16-4/h5-6,8-9,16H,7H2,1-4H3. The first-order chi connectivity index (χ1) is 9.11. The quantitative estimate of drug-likeness (QED) is 0.914. The third-order valence-corrected chi connectivity index (χ3v) is 3.10. The Morgan fingerprint density at radius 1 is 1.11 bits per heavy atom. The monoisotopic (exact) mass is 257 g/mol. The van der Waals surface area contributed by atoms with Gasteiger partial charge in [-0.2, -0.15) is 0 Å². The molecule has 0 atom stereocenters. The summed E-state index contributed by atoms with van der Waals surface area (Å²) in [6.07, 6.45) is 3.37. The van der Waals surface area contributed by atoms with Gasteiger partial charge in [-0.25, -0.2) is 4.98 Å². The maximum atomic E-state index is 5.91. The molecular weight excluding hydrogens is 238 g/mol. The summed E-state index contributed by atoms with van der Waals surface area (Å²) in [6, 6.07) is 4.16. The van der Waals surface area contributed by atoms with Crippen molar-refractivity contribution in [2.45, 2.75) is 27.3 Å². The van der Waals surface area contributed by atoms with Crippen LogP contribution in [0.1, 0.15) is 22.4 Å².